The maximum Gasteiger partial charge on any atom is 0.420 e. The van der Waals surface area contributed by atoms with Gasteiger partial charge in [0.2, 0.25) is 5.91 Å². The molecule has 1 saturated heterocycles. The lowest BCUT2D eigenvalue weighted by molar-refractivity contribution is -0.131. The van der Waals surface area contributed by atoms with Gasteiger partial charge in [0.15, 0.2) is 5.58 Å². The molecule has 0 aliphatic carbocycles. The summed E-state index contributed by atoms with van der Waals surface area (Å²) in [5.74, 6) is 0.110. The average molecular weight is 339 g/mol. The zero-order valence-corrected chi connectivity index (χ0v) is 13.5. The molecule has 4 rings (SSSR count). The normalized spacial score (nSPS) is 17.1. The second kappa shape index (κ2) is 6.43. The van der Waals surface area contributed by atoms with E-state index in [1.165, 1.54) is 4.57 Å². The van der Waals surface area contributed by atoms with Crippen LogP contribution in [-0.4, -0.2) is 39.6 Å². The van der Waals surface area contributed by atoms with Gasteiger partial charge in [-0.3, -0.25) is 14.3 Å². The zero-order chi connectivity index (χ0) is 17.2. The maximum atomic E-state index is 12.6. The van der Waals surface area contributed by atoms with Crippen LogP contribution in [0.1, 0.15) is 6.42 Å². The van der Waals surface area contributed by atoms with Crippen molar-refractivity contribution in [2.75, 3.05) is 13.1 Å². The Balaban J connectivity index is 1.43. The van der Waals surface area contributed by atoms with Crippen molar-refractivity contribution in [1.82, 2.24) is 14.5 Å². The Morgan fingerprint density at radius 2 is 2.04 bits per heavy atom. The molecule has 0 N–H and O–H groups in total. The van der Waals surface area contributed by atoms with Gasteiger partial charge in [-0.1, -0.05) is 12.1 Å². The summed E-state index contributed by atoms with van der Waals surface area (Å²) >= 11 is 0. The lowest BCUT2D eigenvalue weighted by Gasteiger charge is -2.17. The van der Waals surface area contributed by atoms with Gasteiger partial charge in [0, 0.05) is 25.4 Å². The molecule has 3 aromatic rings. The van der Waals surface area contributed by atoms with Crippen molar-refractivity contribution in [3.05, 3.63) is 59.3 Å². The number of ether oxygens (including phenoxy) is 1. The van der Waals surface area contributed by atoms with Gasteiger partial charge in [-0.25, -0.2) is 4.79 Å². The van der Waals surface area contributed by atoms with Crippen LogP contribution in [0.4, 0.5) is 0 Å². The molecule has 1 aliphatic heterocycles. The molecule has 0 unspecified atom stereocenters. The standard InChI is InChI=1S/C18H17N3O4/c22-17(12-21-15-3-1-2-4-16(15)25-18(21)23)20-10-7-14(11-20)24-13-5-8-19-9-6-13/h1-6,8-9,14H,7,10-12H2/t14-/m1/s1. The molecule has 1 fully saturated rings. The third kappa shape index (κ3) is 3.13. The van der Waals surface area contributed by atoms with E-state index >= 15 is 0 Å². The van der Waals surface area contributed by atoms with E-state index in [1.54, 1.807) is 47.6 Å². The highest BCUT2D eigenvalue weighted by Gasteiger charge is 2.28. The lowest BCUT2D eigenvalue weighted by atomic mass is 10.3. The number of carbonyl (C=O) groups is 1. The maximum absolute atomic E-state index is 12.6. The fourth-order valence-corrected chi connectivity index (χ4v) is 3.06. The molecule has 1 aromatic carbocycles. The fourth-order valence-electron chi connectivity index (χ4n) is 3.06. The minimum absolute atomic E-state index is 0.0299. The number of oxazole rings is 1. The molecule has 2 aromatic heterocycles. The van der Waals surface area contributed by atoms with Gasteiger partial charge in [-0.2, -0.15) is 0 Å². The minimum atomic E-state index is -0.515. The molecule has 1 amide bonds. The zero-order valence-electron chi connectivity index (χ0n) is 13.5. The van der Waals surface area contributed by atoms with Gasteiger partial charge in [-0.15, -0.1) is 0 Å². The van der Waals surface area contributed by atoms with Gasteiger partial charge in [0.1, 0.15) is 18.4 Å². The van der Waals surface area contributed by atoms with Crippen molar-refractivity contribution < 1.29 is 13.9 Å². The van der Waals surface area contributed by atoms with Crippen molar-refractivity contribution >= 4 is 17.0 Å². The first-order valence-corrected chi connectivity index (χ1v) is 8.13. The van der Waals surface area contributed by atoms with E-state index in [0.29, 0.717) is 24.2 Å². The van der Waals surface area contributed by atoms with Crippen LogP contribution in [-0.2, 0) is 11.3 Å². The van der Waals surface area contributed by atoms with Crippen molar-refractivity contribution in [3.63, 3.8) is 0 Å². The molecule has 0 saturated carbocycles. The number of rotatable bonds is 4. The molecule has 7 nitrogen and oxygen atoms in total. The summed E-state index contributed by atoms with van der Waals surface area (Å²) in [5.41, 5.74) is 1.12. The monoisotopic (exact) mass is 339 g/mol. The number of likely N-dealkylation sites (tertiary alicyclic amines) is 1. The van der Waals surface area contributed by atoms with Gasteiger partial charge in [0.05, 0.1) is 12.1 Å². The number of benzene rings is 1. The first-order chi connectivity index (χ1) is 12.2. The summed E-state index contributed by atoms with van der Waals surface area (Å²) in [6, 6.07) is 10.7. The quantitative estimate of drug-likeness (QED) is 0.722. The smallest absolute Gasteiger partial charge is 0.420 e. The predicted octanol–water partition coefficient (Wildman–Crippen LogP) is 1.67. The Kier molecular flexibility index (Phi) is 3.97. The summed E-state index contributed by atoms with van der Waals surface area (Å²) in [6.07, 6.45) is 4.05. The van der Waals surface area contributed by atoms with Crippen molar-refractivity contribution in [2.24, 2.45) is 0 Å². The van der Waals surface area contributed by atoms with E-state index in [0.717, 1.165) is 12.2 Å². The molecule has 3 heterocycles. The predicted molar refractivity (Wildman–Crippen MR) is 90.3 cm³/mol. The van der Waals surface area contributed by atoms with Crippen LogP contribution in [0.2, 0.25) is 0 Å². The highest BCUT2D eigenvalue weighted by Crippen LogP contribution is 2.18. The summed E-state index contributed by atoms with van der Waals surface area (Å²) < 4.78 is 12.4. The van der Waals surface area contributed by atoms with Crippen LogP contribution in [0.5, 0.6) is 5.75 Å². The molecular weight excluding hydrogens is 322 g/mol. The van der Waals surface area contributed by atoms with E-state index in [-0.39, 0.29) is 18.6 Å². The lowest BCUT2D eigenvalue weighted by Crippen LogP contribution is -2.35. The second-order valence-electron chi connectivity index (χ2n) is 5.97. The topological polar surface area (TPSA) is 77.6 Å². The van der Waals surface area contributed by atoms with Crippen LogP contribution in [0, 0.1) is 0 Å². The molecule has 0 radical (unpaired) electrons. The largest absolute Gasteiger partial charge is 0.488 e. The van der Waals surface area contributed by atoms with Crippen LogP contribution < -0.4 is 10.5 Å². The number of nitrogens with zero attached hydrogens (tertiary/aromatic N) is 3. The SMILES string of the molecule is O=C(Cn1c(=O)oc2ccccc21)N1CC[C@@H](Oc2ccncc2)C1. The Hall–Kier alpha value is -3.09. The second-order valence-corrected chi connectivity index (χ2v) is 5.97. The number of hydrogen-bond acceptors (Lipinski definition) is 5. The van der Waals surface area contributed by atoms with Gasteiger partial charge in [-0.05, 0) is 24.3 Å². The molecule has 7 heteroatoms. The first kappa shape index (κ1) is 15.4. The van der Waals surface area contributed by atoms with Crippen LogP contribution in [0.15, 0.2) is 58.0 Å². The van der Waals surface area contributed by atoms with E-state index in [1.807, 2.05) is 6.07 Å². The van der Waals surface area contributed by atoms with Gasteiger partial charge < -0.3 is 14.1 Å². The Bertz CT molecular complexity index is 948. The molecular formula is C18H17N3O4. The third-order valence-corrected chi connectivity index (χ3v) is 4.32. The minimum Gasteiger partial charge on any atom is -0.488 e. The fraction of sp³-hybridized carbons (Fsp3) is 0.278. The molecule has 1 aliphatic rings. The number of pyridine rings is 1. The summed E-state index contributed by atoms with van der Waals surface area (Å²) in [6.45, 7) is 1.09. The van der Waals surface area contributed by atoms with E-state index in [4.69, 9.17) is 9.15 Å². The summed E-state index contributed by atoms with van der Waals surface area (Å²) in [5, 5.41) is 0. The first-order valence-electron chi connectivity index (χ1n) is 8.13. The Morgan fingerprint density at radius 1 is 1.24 bits per heavy atom. The number of amides is 1. The van der Waals surface area contributed by atoms with Crippen LogP contribution in [0.3, 0.4) is 0 Å². The Labute approximate surface area is 143 Å². The highest BCUT2D eigenvalue weighted by atomic mass is 16.5. The number of hydrogen-bond donors (Lipinski definition) is 0. The average Bonchev–Trinajstić information content (AvgIpc) is 3.21. The molecule has 128 valence electrons. The third-order valence-electron chi connectivity index (χ3n) is 4.32. The van der Waals surface area contributed by atoms with Crippen LogP contribution in [0.25, 0.3) is 11.1 Å². The molecule has 0 spiro atoms. The summed E-state index contributed by atoms with van der Waals surface area (Å²) in [7, 11) is 0. The van der Waals surface area contributed by atoms with E-state index in [2.05, 4.69) is 4.98 Å². The number of para-hydroxylation sites is 2. The Morgan fingerprint density at radius 3 is 2.88 bits per heavy atom. The van der Waals surface area contributed by atoms with Crippen molar-refractivity contribution in [1.29, 1.82) is 0 Å². The summed E-state index contributed by atoms with van der Waals surface area (Å²) in [4.78, 5) is 30.2. The highest BCUT2D eigenvalue weighted by molar-refractivity contribution is 5.79. The van der Waals surface area contributed by atoms with Crippen LogP contribution >= 0.6 is 0 Å². The van der Waals surface area contributed by atoms with E-state index in [9.17, 15) is 9.59 Å². The van der Waals surface area contributed by atoms with Gasteiger partial charge in [0.25, 0.3) is 0 Å². The number of aromatic nitrogens is 2. The molecule has 25 heavy (non-hydrogen) atoms. The number of carbonyl (C=O) groups excluding carboxylic acids is 1. The van der Waals surface area contributed by atoms with Crippen molar-refractivity contribution in [2.45, 2.75) is 19.1 Å². The van der Waals surface area contributed by atoms with E-state index < -0.39 is 5.76 Å². The van der Waals surface area contributed by atoms with Gasteiger partial charge >= 0.3 is 5.76 Å². The molecule has 0 bridgehead atoms. The molecule has 1 atom stereocenters. The number of fused-ring (bicyclic) bond motifs is 1. The van der Waals surface area contributed by atoms with Crippen molar-refractivity contribution in [3.8, 4) is 5.75 Å².